The monoisotopic (exact) mass is 338 g/mol. The third-order valence-electron chi connectivity index (χ3n) is 3.55. The quantitative estimate of drug-likeness (QED) is 0.656. The van der Waals surface area contributed by atoms with Gasteiger partial charge in [0.2, 0.25) is 0 Å². The minimum atomic E-state index is -3.80. The summed E-state index contributed by atoms with van der Waals surface area (Å²) in [5.41, 5.74) is 1.27. The van der Waals surface area contributed by atoms with Crippen LogP contribution in [0.5, 0.6) is 0 Å². The smallest absolute Gasteiger partial charge is 0.309 e. The van der Waals surface area contributed by atoms with E-state index in [2.05, 4.69) is 14.7 Å². The maximum atomic E-state index is 12.1. The molecule has 0 saturated heterocycles. The van der Waals surface area contributed by atoms with E-state index in [1.54, 1.807) is 12.1 Å². The van der Waals surface area contributed by atoms with Crippen molar-refractivity contribution in [2.24, 2.45) is 11.0 Å². The number of benzene rings is 1. The average Bonchev–Trinajstić information content (AvgIpc) is 2.52. The number of sulfonamides is 1. The predicted molar refractivity (Wildman–Crippen MR) is 83.3 cm³/mol. The fourth-order valence-corrected chi connectivity index (χ4v) is 3.17. The van der Waals surface area contributed by atoms with Crippen LogP contribution < -0.4 is 4.83 Å². The number of ether oxygens (including phenoxy) is 1. The van der Waals surface area contributed by atoms with Crippen LogP contribution in [0, 0.1) is 12.8 Å². The van der Waals surface area contributed by atoms with E-state index >= 15 is 0 Å². The van der Waals surface area contributed by atoms with Gasteiger partial charge in [0.25, 0.3) is 10.0 Å². The normalized spacial score (nSPS) is 20.3. The summed E-state index contributed by atoms with van der Waals surface area (Å²) in [5, 5.41) is 3.82. The fraction of sp³-hybridized carbons (Fsp3) is 0.400. The second-order valence-electron chi connectivity index (χ2n) is 5.43. The minimum Gasteiger partial charge on any atom is -0.469 e. The molecule has 0 aliphatic heterocycles. The number of esters is 1. The Bertz CT molecular complexity index is 738. The first-order valence-electron chi connectivity index (χ1n) is 7.05. The van der Waals surface area contributed by atoms with Crippen molar-refractivity contribution in [2.45, 2.75) is 31.1 Å². The highest BCUT2D eigenvalue weighted by molar-refractivity contribution is 7.89. The Labute approximate surface area is 134 Å². The number of rotatable bonds is 4. The molecular weight excluding hydrogens is 320 g/mol. The van der Waals surface area contributed by atoms with Crippen LogP contribution >= 0.6 is 0 Å². The Morgan fingerprint density at radius 3 is 2.52 bits per heavy atom. The number of hydrogen-bond donors (Lipinski definition) is 1. The van der Waals surface area contributed by atoms with Gasteiger partial charge in [-0.15, -0.1) is 0 Å². The molecule has 1 aliphatic rings. The summed E-state index contributed by atoms with van der Waals surface area (Å²) in [7, 11) is -2.55. The van der Waals surface area contributed by atoms with Crippen LogP contribution in [0.1, 0.15) is 24.8 Å². The fourth-order valence-electron chi connectivity index (χ4n) is 2.32. The van der Waals surface area contributed by atoms with Gasteiger partial charge in [0.15, 0.2) is 0 Å². The highest BCUT2D eigenvalue weighted by Gasteiger charge is 2.30. The molecule has 0 spiro atoms. The molecule has 1 N–H and O–H groups in total. The van der Waals surface area contributed by atoms with E-state index in [0.717, 1.165) is 5.56 Å². The van der Waals surface area contributed by atoms with E-state index in [9.17, 15) is 18.0 Å². The summed E-state index contributed by atoms with van der Waals surface area (Å²) in [6.45, 7) is 1.85. The second-order valence-corrected chi connectivity index (χ2v) is 7.09. The van der Waals surface area contributed by atoms with Crippen LogP contribution in [-0.2, 0) is 24.3 Å². The number of methoxy groups -OCH3 is 1. The average molecular weight is 338 g/mol. The Balaban J connectivity index is 2.13. The molecule has 1 aliphatic carbocycles. The summed E-state index contributed by atoms with van der Waals surface area (Å²) in [4.78, 5) is 25.4. The van der Waals surface area contributed by atoms with Crippen LogP contribution in [0.3, 0.4) is 0 Å². The standard InChI is InChI=1S/C15H18N2O5S/c1-10-3-5-14(6-4-10)23(20,21)17-16-12-7-11(15(19)22-2)8-13(18)9-12/h3-6,11,17H,7-9H2,1-2H3. The van der Waals surface area contributed by atoms with E-state index < -0.39 is 21.9 Å². The molecule has 0 amide bonds. The van der Waals surface area contributed by atoms with Gasteiger partial charge in [-0.05, 0) is 19.1 Å². The van der Waals surface area contributed by atoms with Crippen LogP contribution in [0.25, 0.3) is 0 Å². The third kappa shape index (κ3) is 4.38. The number of nitrogens with zero attached hydrogens (tertiary/aromatic N) is 1. The number of hydrazone groups is 1. The zero-order chi connectivity index (χ0) is 17.0. The maximum Gasteiger partial charge on any atom is 0.309 e. The molecule has 0 radical (unpaired) electrons. The highest BCUT2D eigenvalue weighted by atomic mass is 32.2. The van der Waals surface area contributed by atoms with E-state index in [1.165, 1.54) is 19.2 Å². The van der Waals surface area contributed by atoms with Gasteiger partial charge >= 0.3 is 5.97 Å². The summed E-state index contributed by atoms with van der Waals surface area (Å²) in [6, 6.07) is 6.31. The van der Waals surface area contributed by atoms with Gasteiger partial charge in [0.05, 0.1) is 17.9 Å². The number of carbonyl (C=O) groups is 2. The van der Waals surface area contributed by atoms with Crippen molar-refractivity contribution in [1.82, 2.24) is 4.83 Å². The molecular formula is C15H18N2O5S. The molecule has 0 heterocycles. The van der Waals surface area contributed by atoms with Gasteiger partial charge in [-0.3, -0.25) is 9.59 Å². The second kappa shape index (κ2) is 6.91. The number of aryl methyl sites for hydroxylation is 1. The summed E-state index contributed by atoms with van der Waals surface area (Å²) in [6.07, 6.45) is 0.329. The Kier molecular flexibility index (Phi) is 5.15. The number of carbonyl (C=O) groups excluding carboxylic acids is 2. The first kappa shape index (κ1) is 17.1. The number of hydrogen-bond acceptors (Lipinski definition) is 6. The molecule has 7 nitrogen and oxygen atoms in total. The predicted octanol–water partition coefficient (Wildman–Crippen LogP) is 1.17. The van der Waals surface area contributed by atoms with Gasteiger partial charge in [0.1, 0.15) is 5.78 Å². The minimum absolute atomic E-state index is 0.0317. The molecule has 1 fully saturated rings. The molecule has 1 aromatic rings. The van der Waals surface area contributed by atoms with Crippen molar-refractivity contribution in [3.05, 3.63) is 29.8 Å². The Morgan fingerprint density at radius 2 is 1.91 bits per heavy atom. The van der Waals surface area contributed by atoms with Gasteiger partial charge in [-0.25, -0.2) is 4.83 Å². The van der Waals surface area contributed by atoms with Crippen LogP contribution in [-0.4, -0.2) is 33.0 Å². The van der Waals surface area contributed by atoms with Gasteiger partial charge in [-0.2, -0.15) is 13.5 Å². The largest absolute Gasteiger partial charge is 0.469 e. The number of ketones is 1. The lowest BCUT2D eigenvalue weighted by atomic mass is 9.87. The van der Waals surface area contributed by atoms with Crippen molar-refractivity contribution in [3.8, 4) is 0 Å². The summed E-state index contributed by atoms with van der Waals surface area (Å²) >= 11 is 0. The molecule has 1 unspecified atom stereocenters. The zero-order valence-corrected chi connectivity index (χ0v) is 13.7. The van der Waals surface area contributed by atoms with Gasteiger partial charge < -0.3 is 4.74 Å². The molecule has 2 rings (SSSR count). The lowest BCUT2D eigenvalue weighted by Crippen LogP contribution is -2.31. The Morgan fingerprint density at radius 1 is 1.26 bits per heavy atom. The number of Topliss-reactive ketones (excluding diaryl/α,β-unsaturated/α-hetero) is 1. The SMILES string of the molecule is COC(=O)C1CC(=O)CC(=NNS(=O)(=O)c2ccc(C)cc2)C1. The molecule has 1 atom stereocenters. The molecule has 8 heteroatoms. The molecule has 23 heavy (non-hydrogen) atoms. The maximum absolute atomic E-state index is 12.1. The summed E-state index contributed by atoms with van der Waals surface area (Å²) < 4.78 is 28.9. The van der Waals surface area contributed by atoms with Gasteiger partial charge in [0, 0.05) is 25.0 Å². The van der Waals surface area contributed by atoms with E-state index in [0.29, 0.717) is 5.71 Å². The molecule has 1 saturated carbocycles. The van der Waals surface area contributed by atoms with Gasteiger partial charge in [-0.1, -0.05) is 17.7 Å². The molecule has 1 aromatic carbocycles. The van der Waals surface area contributed by atoms with Crippen molar-refractivity contribution in [1.29, 1.82) is 0 Å². The summed E-state index contributed by atoms with van der Waals surface area (Å²) in [5.74, 6) is -1.27. The van der Waals surface area contributed by atoms with Crippen LogP contribution in [0.2, 0.25) is 0 Å². The first-order chi connectivity index (χ1) is 10.8. The zero-order valence-electron chi connectivity index (χ0n) is 12.9. The van der Waals surface area contributed by atoms with E-state index in [-0.39, 0.29) is 29.9 Å². The van der Waals surface area contributed by atoms with Crippen LogP contribution in [0.15, 0.2) is 34.3 Å². The van der Waals surface area contributed by atoms with Crippen molar-refractivity contribution in [3.63, 3.8) is 0 Å². The third-order valence-corrected chi connectivity index (χ3v) is 4.77. The highest BCUT2D eigenvalue weighted by Crippen LogP contribution is 2.21. The van der Waals surface area contributed by atoms with Crippen LogP contribution in [0.4, 0.5) is 0 Å². The topological polar surface area (TPSA) is 102 Å². The van der Waals surface area contributed by atoms with Crippen molar-refractivity contribution in [2.75, 3.05) is 7.11 Å². The van der Waals surface area contributed by atoms with E-state index in [4.69, 9.17) is 0 Å². The lowest BCUT2D eigenvalue weighted by molar-refractivity contribution is -0.147. The van der Waals surface area contributed by atoms with Crippen molar-refractivity contribution < 1.29 is 22.7 Å². The van der Waals surface area contributed by atoms with Crippen molar-refractivity contribution >= 4 is 27.5 Å². The molecule has 0 bridgehead atoms. The first-order valence-corrected chi connectivity index (χ1v) is 8.53. The Hall–Kier alpha value is -2.22. The lowest BCUT2D eigenvalue weighted by Gasteiger charge is -2.20. The molecule has 0 aromatic heterocycles. The number of nitrogens with one attached hydrogen (secondary N) is 1. The van der Waals surface area contributed by atoms with E-state index in [1.807, 2.05) is 6.92 Å². The molecule has 124 valence electrons.